The second-order valence-electron chi connectivity index (χ2n) is 7.00. The average molecular weight is 419 g/mol. The molecule has 0 heterocycles. The van der Waals surface area contributed by atoms with Crippen LogP contribution in [0.1, 0.15) is 41.6 Å². The van der Waals surface area contributed by atoms with E-state index in [1.165, 1.54) is 12.1 Å². The zero-order chi connectivity index (χ0) is 20.9. The highest BCUT2D eigenvalue weighted by Gasteiger charge is 2.23. The molecule has 1 fully saturated rings. The smallest absolute Gasteiger partial charge is 0.251 e. The van der Waals surface area contributed by atoms with Crippen LogP contribution in [0.5, 0.6) is 11.5 Å². The molecule has 2 aromatic carbocycles. The van der Waals surface area contributed by atoms with E-state index in [2.05, 4.69) is 10.0 Å². The van der Waals surface area contributed by atoms with Crippen molar-refractivity contribution in [3.05, 3.63) is 53.6 Å². The van der Waals surface area contributed by atoms with Gasteiger partial charge in [0.15, 0.2) is 11.5 Å². The van der Waals surface area contributed by atoms with Crippen LogP contribution in [-0.4, -0.2) is 34.6 Å². The number of methoxy groups -OCH3 is 2. The van der Waals surface area contributed by atoms with E-state index in [0.717, 1.165) is 31.2 Å². The molecular formula is C21H26N2O5S. The molecule has 0 saturated heterocycles. The predicted molar refractivity (Wildman–Crippen MR) is 110 cm³/mol. The molecule has 8 heteroatoms. The Balaban J connectivity index is 1.68. The maximum Gasteiger partial charge on any atom is 0.251 e. The van der Waals surface area contributed by atoms with E-state index in [9.17, 15) is 13.2 Å². The number of carbonyl (C=O) groups is 1. The van der Waals surface area contributed by atoms with Gasteiger partial charge in [-0.25, -0.2) is 13.1 Å². The summed E-state index contributed by atoms with van der Waals surface area (Å²) in [6, 6.07) is 11.4. The first-order valence-electron chi connectivity index (χ1n) is 9.54. The molecule has 0 atom stereocenters. The summed E-state index contributed by atoms with van der Waals surface area (Å²) in [5.74, 6) is 0.832. The minimum absolute atomic E-state index is 0.0254. The van der Waals surface area contributed by atoms with Gasteiger partial charge in [0, 0.05) is 18.2 Å². The van der Waals surface area contributed by atoms with Crippen LogP contribution in [-0.2, 0) is 16.6 Å². The number of sulfonamides is 1. The highest BCUT2D eigenvalue weighted by molar-refractivity contribution is 7.89. The standard InChI is InChI=1S/C21H26N2O5S/c1-27-19-11-10-15(12-20(19)28-2)14-22-21(24)16-6-5-9-18(13-16)29(25,26)23-17-7-3-4-8-17/h5-6,9-13,17,23H,3-4,7-8,14H2,1-2H3,(H,22,24). The summed E-state index contributed by atoms with van der Waals surface area (Å²) in [7, 11) is -0.539. The Morgan fingerprint density at radius 3 is 2.45 bits per heavy atom. The van der Waals surface area contributed by atoms with Crippen molar-refractivity contribution in [2.75, 3.05) is 14.2 Å². The zero-order valence-corrected chi connectivity index (χ0v) is 17.4. The second-order valence-corrected chi connectivity index (χ2v) is 8.72. The maximum atomic E-state index is 12.6. The number of carbonyl (C=O) groups excluding carboxylic acids is 1. The van der Waals surface area contributed by atoms with Gasteiger partial charge in [0.05, 0.1) is 19.1 Å². The van der Waals surface area contributed by atoms with Crippen LogP contribution < -0.4 is 19.5 Å². The number of rotatable bonds is 8. The number of nitrogens with one attached hydrogen (secondary N) is 2. The number of hydrogen-bond acceptors (Lipinski definition) is 5. The minimum atomic E-state index is -3.64. The molecule has 0 aromatic heterocycles. The minimum Gasteiger partial charge on any atom is -0.493 e. The van der Waals surface area contributed by atoms with E-state index < -0.39 is 10.0 Å². The van der Waals surface area contributed by atoms with E-state index >= 15 is 0 Å². The Morgan fingerprint density at radius 1 is 1.03 bits per heavy atom. The van der Waals surface area contributed by atoms with Gasteiger partial charge < -0.3 is 14.8 Å². The number of benzene rings is 2. The van der Waals surface area contributed by atoms with Gasteiger partial charge in [-0.15, -0.1) is 0 Å². The Bertz CT molecular complexity index is 969. The van der Waals surface area contributed by atoms with Crippen molar-refractivity contribution in [2.45, 2.75) is 43.2 Å². The van der Waals surface area contributed by atoms with E-state index in [1.54, 1.807) is 38.5 Å². The van der Waals surface area contributed by atoms with E-state index in [4.69, 9.17) is 9.47 Å². The van der Waals surface area contributed by atoms with Gasteiger partial charge >= 0.3 is 0 Å². The molecule has 3 rings (SSSR count). The van der Waals surface area contributed by atoms with Gasteiger partial charge in [-0.3, -0.25) is 4.79 Å². The summed E-state index contributed by atoms with van der Waals surface area (Å²) in [6.45, 7) is 0.274. The largest absolute Gasteiger partial charge is 0.493 e. The van der Waals surface area contributed by atoms with E-state index in [1.807, 2.05) is 6.07 Å². The molecule has 0 unspecified atom stereocenters. The lowest BCUT2D eigenvalue weighted by Gasteiger charge is -2.13. The molecule has 0 spiro atoms. The first-order valence-corrected chi connectivity index (χ1v) is 11.0. The molecular weight excluding hydrogens is 392 g/mol. The lowest BCUT2D eigenvalue weighted by atomic mass is 10.1. The summed E-state index contributed by atoms with van der Waals surface area (Å²) in [5, 5.41) is 2.81. The van der Waals surface area contributed by atoms with Gasteiger partial charge in [-0.2, -0.15) is 0 Å². The Kier molecular flexibility index (Phi) is 6.76. The molecule has 7 nitrogen and oxygen atoms in total. The van der Waals surface area contributed by atoms with Gasteiger partial charge in [0.25, 0.3) is 5.91 Å². The van der Waals surface area contributed by atoms with Gasteiger partial charge in [0.1, 0.15) is 0 Å². The van der Waals surface area contributed by atoms with Crippen molar-refractivity contribution in [2.24, 2.45) is 0 Å². The Hall–Kier alpha value is -2.58. The summed E-state index contributed by atoms with van der Waals surface area (Å²) in [5.41, 5.74) is 1.13. The summed E-state index contributed by atoms with van der Waals surface area (Å²) in [4.78, 5) is 12.6. The molecule has 2 aromatic rings. The molecule has 29 heavy (non-hydrogen) atoms. The van der Waals surface area contributed by atoms with Crippen molar-refractivity contribution in [3.63, 3.8) is 0 Å². The van der Waals surface area contributed by atoms with Crippen LogP contribution in [0.15, 0.2) is 47.4 Å². The summed E-state index contributed by atoms with van der Waals surface area (Å²) >= 11 is 0. The van der Waals surface area contributed by atoms with Crippen molar-refractivity contribution in [3.8, 4) is 11.5 Å². The summed E-state index contributed by atoms with van der Waals surface area (Å²) < 4.78 is 38.4. The fraction of sp³-hybridized carbons (Fsp3) is 0.381. The van der Waals surface area contributed by atoms with Crippen LogP contribution >= 0.6 is 0 Å². The first kappa shape index (κ1) is 21.1. The molecule has 0 aliphatic heterocycles. The van der Waals surface area contributed by atoms with E-state index in [-0.39, 0.29) is 23.4 Å². The zero-order valence-electron chi connectivity index (χ0n) is 16.6. The third kappa shape index (κ3) is 5.27. The maximum absolute atomic E-state index is 12.6. The number of ether oxygens (including phenoxy) is 2. The second kappa shape index (κ2) is 9.28. The van der Waals surface area contributed by atoms with Crippen molar-refractivity contribution < 1.29 is 22.7 Å². The van der Waals surface area contributed by atoms with Crippen molar-refractivity contribution in [1.29, 1.82) is 0 Å². The monoisotopic (exact) mass is 418 g/mol. The molecule has 1 amide bonds. The highest BCUT2D eigenvalue weighted by Crippen LogP contribution is 2.27. The molecule has 2 N–H and O–H groups in total. The lowest BCUT2D eigenvalue weighted by molar-refractivity contribution is 0.0950. The van der Waals surface area contributed by atoms with Crippen LogP contribution in [0.2, 0.25) is 0 Å². The Morgan fingerprint density at radius 2 is 1.76 bits per heavy atom. The van der Waals surface area contributed by atoms with Crippen LogP contribution in [0.3, 0.4) is 0 Å². The fourth-order valence-corrected chi connectivity index (χ4v) is 4.76. The molecule has 156 valence electrons. The van der Waals surface area contributed by atoms with Gasteiger partial charge in [0.2, 0.25) is 10.0 Å². The fourth-order valence-electron chi connectivity index (χ4n) is 3.41. The molecule has 1 saturated carbocycles. The first-order chi connectivity index (χ1) is 13.9. The number of amides is 1. The molecule has 1 aliphatic carbocycles. The third-order valence-corrected chi connectivity index (χ3v) is 6.50. The van der Waals surface area contributed by atoms with Crippen LogP contribution in [0.25, 0.3) is 0 Å². The SMILES string of the molecule is COc1ccc(CNC(=O)c2cccc(S(=O)(=O)NC3CCCC3)c2)cc1OC. The van der Waals surface area contributed by atoms with E-state index in [0.29, 0.717) is 17.1 Å². The molecule has 0 bridgehead atoms. The van der Waals surface area contributed by atoms with Gasteiger partial charge in [-0.1, -0.05) is 25.0 Å². The number of hydrogen-bond donors (Lipinski definition) is 2. The molecule has 0 radical (unpaired) electrons. The highest BCUT2D eigenvalue weighted by atomic mass is 32.2. The van der Waals surface area contributed by atoms with Crippen molar-refractivity contribution >= 4 is 15.9 Å². The normalized spacial score (nSPS) is 14.6. The quantitative estimate of drug-likeness (QED) is 0.688. The average Bonchev–Trinajstić information content (AvgIpc) is 3.24. The van der Waals surface area contributed by atoms with Crippen LogP contribution in [0.4, 0.5) is 0 Å². The predicted octanol–water partition coefficient (Wildman–Crippen LogP) is 2.85. The van der Waals surface area contributed by atoms with Gasteiger partial charge in [-0.05, 0) is 48.7 Å². The Labute approximate surface area is 171 Å². The van der Waals surface area contributed by atoms with Crippen LogP contribution in [0, 0.1) is 0 Å². The summed E-state index contributed by atoms with van der Waals surface area (Å²) in [6.07, 6.45) is 3.77. The lowest BCUT2D eigenvalue weighted by Crippen LogP contribution is -2.32. The van der Waals surface area contributed by atoms with Crippen molar-refractivity contribution in [1.82, 2.24) is 10.0 Å². The third-order valence-electron chi connectivity index (χ3n) is 4.98. The topological polar surface area (TPSA) is 93.7 Å². The molecule has 1 aliphatic rings.